The molecule has 1 N–H and O–H groups in total. The van der Waals surface area contributed by atoms with E-state index in [0.29, 0.717) is 11.5 Å². The second kappa shape index (κ2) is 7.18. The third-order valence-corrected chi connectivity index (χ3v) is 3.28. The average molecular weight is 288 g/mol. The van der Waals surface area contributed by atoms with Crippen molar-refractivity contribution in [1.29, 1.82) is 0 Å². The molecule has 4 heteroatoms. The van der Waals surface area contributed by atoms with Crippen LogP contribution in [0.1, 0.15) is 37.6 Å². The Morgan fingerprint density at radius 3 is 2.76 bits per heavy atom. The number of benzene rings is 1. The number of hydrogen-bond acceptors (Lipinski definition) is 3. The van der Waals surface area contributed by atoms with Gasteiger partial charge in [0.15, 0.2) is 0 Å². The molecule has 0 aliphatic heterocycles. The van der Waals surface area contributed by atoms with Crippen LogP contribution in [0, 0.1) is 12.7 Å². The Labute approximate surface area is 125 Å². The molecule has 3 nitrogen and oxygen atoms in total. The minimum atomic E-state index is -0.308. The zero-order chi connectivity index (χ0) is 15.2. The van der Waals surface area contributed by atoms with Gasteiger partial charge in [0.2, 0.25) is 0 Å². The van der Waals surface area contributed by atoms with Gasteiger partial charge in [0.25, 0.3) is 0 Å². The molecule has 1 heterocycles. The van der Waals surface area contributed by atoms with E-state index >= 15 is 0 Å². The quantitative estimate of drug-likeness (QED) is 0.856. The largest absolute Gasteiger partial charge is 0.455 e. The molecule has 21 heavy (non-hydrogen) atoms. The molecule has 0 bridgehead atoms. The van der Waals surface area contributed by atoms with Crippen molar-refractivity contribution >= 4 is 0 Å². The van der Waals surface area contributed by atoms with Gasteiger partial charge >= 0.3 is 0 Å². The minimum Gasteiger partial charge on any atom is -0.455 e. The highest BCUT2D eigenvalue weighted by Crippen LogP contribution is 2.25. The van der Waals surface area contributed by atoms with Gasteiger partial charge in [-0.15, -0.1) is 0 Å². The van der Waals surface area contributed by atoms with Gasteiger partial charge in [-0.05, 0) is 50.6 Å². The summed E-state index contributed by atoms with van der Waals surface area (Å²) in [7, 11) is 0. The third kappa shape index (κ3) is 4.26. The number of hydrogen-bond donors (Lipinski definition) is 1. The Hall–Kier alpha value is -1.94. The fraction of sp³-hybridized carbons (Fsp3) is 0.353. The molecule has 0 aliphatic carbocycles. The number of aromatic nitrogens is 1. The van der Waals surface area contributed by atoms with Gasteiger partial charge in [-0.2, -0.15) is 0 Å². The molecule has 0 spiro atoms. The fourth-order valence-corrected chi connectivity index (χ4v) is 1.98. The standard InChI is InChI=1S/C17H21FN2O/c1-4-9-19-13(3)16-8-7-15(11-20-16)21-17-10-14(18)6-5-12(17)2/h5-8,10-11,13,19H,4,9H2,1-3H3. The first-order chi connectivity index (χ1) is 10.1. The smallest absolute Gasteiger partial charge is 0.145 e. The summed E-state index contributed by atoms with van der Waals surface area (Å²) in [5, 5.41) is 3.38. The van der Waals surface area contributed by atoms with Crippen LogP contribution < -0.4 is 10.1 Å². The van der Waals surface area contributed by atoms with Crippen molar-refractivity contribution in [3.8, 4) is 11.5 Å². The number of nitrogens with one attached hydrogen (secondary N) is 1. The maximum absolute atomic E-state index is 13.2. The number of nitrogens with zero attached hydrogens (tertiary/aromatic N) is 1. The number of ether oxygens (including phenoxy) is 1. The molecule has 1 atom stereocenters. The lowest BCUT2D eigenvalue weighted by Gasteiger charge is -2.13. The van der Waals surface area contributed by atoms with Gasteiger partial charge in [-0.3, -0.25) is 4.98 Å². The molecule has 0 radical (unpaired) electrons. The molecular formula is C17H21FN2O. The highest BCUT2D eigenvalue weighted by Gasteiger charge is 2.07. The van der Waals surface area contributed by atoms with Crippen LogP contribution >= 0.6 is 0 Å². The summed E-state index contributed by atoms with van der Waals surface area (Å²) in [5.74, 6) is 0.814. The molecule has 0 saturated heterocycles. The Morgan fingerprint density at radius 2 is 2.10 bits per heavy atom. The molecule has 1 aromatic carbocycles. The topological polar surface area (TPSA) is 34.1 Å². The first-order valence-electron chi connectivity index (χ1n) is 7.23. The second-order valence-electron chi connectivity index (χ2n) is 5.11. The van der Waals surface area contributed by atoms with Crippen LogP contribution in [0.4, 0.5) is 4.39 Å². The van der Waals surface area contributed by atoms with Crippen LogP contribution in [0.2, 0.25) is 0 Å². The molecule has 0 aliphatic rings. The van der Waals surface area contributed by atoms with Crippen molar-refractivity contribution < 1.29 is 9.13 Å². The van der Waals surface area contributed by atoms with Crippen LogP contribution in [0.5, 0.6) is 11.5 Å². The average Bonchev–Trinajstić information content (AvgIpc) is 2.49. The van der Waals surface area contributed by atoms with E-state index in [9.17, 15) is 4.39 Å². The van der Waals surface area contributed by atoms with Crippen LogP contribution in [-0.4, -0.2) is 11.5 Å². The van der Waals surface area contributed by atoms with Gasteiger partial charge in [-0.25, -0.2) is 4.39 Å². The summed E-state index contributed by atoms with van der Waals surface area (Å²) in [6, 6.07) is 8.49. The summed E-state index contributed by atoms with van der Waals surface area (Å²) >= 11 is 0. The molecule has 2 aromatic rings. The van der Waals surface area contributed by atoms with Crippen molar-refractivity contribution in [1.82, 2.24) is 10.3 Å². The zero-order valence-electron chi connectivity index (χ0n) is 12.7. The lowest BCUT2D eigenvalue weighted by atomic mass is 10.2. The molecule has 1 unspecified atom stereocenters. The SMILES string of the molecule is CCCNC(C)c1ccc(Oc2cc(F)ccc2C)cn1. The Bertz CT molecular complexity index is 584. The number of aryl methyl sites for hydroxylation is 1. The second-order valence-corrected chi connectivity index (χ2v) is 5.11. The van der Waals surface area contributed by atoms with Crippen molar-refractivity contribution in [2.45, 2.75) is 33.2 Å². The maximum atomic E-state index is 13.2. The molecule has 1 aromatic heterocycles. The number of pyridine rings is 1. The van der Waals surface area contributed by atoms with E-state index in [1.165, 1.54) is 12.1 Å². The van der Waals surface area contributed by atoms with Crippen LogP contribution in [0.3, 0.4) is 0 Å². The molecule has 0 amide bonds. The third-order valence-electron chi connectivity index (χ3n) is 3.28. The molecule has 0 saturated carbocycles. The van der Waals surface area contributed by atoms with Gasteiger partial charge < -0.3 is 10.1 Å². The Kier molecular flexibility index (Phi) is 5.28. The summed E-state index contributed by atoms with van der Waals surface area (Å²) in [4.78, 5) is 4.40. The molecule has 112 valence electrons. The lowest BCUT2D eigenvalue weighted by Crippen LogP contribution is -2.20. The van der Waals surface area contributed by atoms with E-state index in [-0.39, 0.29) is 11.9 Å². The van der Waals surface area contributed by atoms with E-state index in [1.54, 1.807) is 12.3 Å². The molecule has 0 fully saturated rings. The highest BCUT2D eigenvalue weighted by atomic mass is 19.1. The van der Waals surface area contributed by atoms with Gasteiger partial charge in [0.05, 0.1) is 11.9 Å². The first kappa shape index (κ1) is 15.4. The lowest BCUT2D eigenvalue weighted by molar-refractivity contribution is 0.468. The van der Waals surface area contributed by atoms with Crippen LogP contribution in [0.15, 0.2) is 36.5 Å². The summed E-state index contributed by atoms with van der Waals surface area (Å²) in [6.07, 6.45) is 2.76. The zero-order valence-corrected chi connectivity index (χ0v) is 12.7. The highest BCUT2D eigenvalue weighted by molar-refractivity contribution is 5.37. The monoisotopic (exact) mass is 288 g/mol. The van der Waals surface area contributed by atoms with Gasteiger partial charge in [0.1, 0.15) is 17.3 Å². The van der Waals surface area contributed by atoms with Crippen LogP contribution in [0.25, 0.3) is 0 Å². The van der Waals surface area contributed by atoms with Gasteiger partial charge in [-0.1, -0.05) is 13.0 Å². The van der Waals surface area contributed by atoms with E-state index in [4.69, 9.17) is 4.74 Å². The minimum absolute atomic E-state index is 0.204. The predicted octanol–water partition coefficient (Wildman–Crippen LogP) is 4.38. The predicted molar refractivity (Wildman–Crippen MR) is 82.2 cm³/mol. The summed E-state index contributed by atoms with van der Waals surface area (Å²) in [5.41, 5.74) is 1.85. The van der Waals surface area contributed by atoms with E-state index in [0.717, 1.165) is 24.2 Å². The first-order valence-corrected chi connectivity index (χ1v) is 7.23. The van der Waals surface area contributed by atoms with Gasteiger partial charge in [0, 0.05) is 12.1 Å². The summed E-state index contributed by atoms with van der Waals surface area (Å²) < 4.78 is 18.9. The maximum Gasteiger partial charge on any atom is 0.145 e. The Balaban J connectivity index is 2.07. The number of halogens is 1. The van der Waals surface area contributed by atoms with Crippen molar-refractivity contribution in [3.05, 3.63) is 53.6 Å². The van der Waals surface area contributed by atoms with E-state index in [2.05, 4.69) is 24.1 Å². The van der Waals surface area contributed by atoms with E-state index < -0.39 is 0 Å². The summed E-state index contributed by atoms with van der Waals surface area (Å²) in [6.45, 7) is 7.05. The van der Waals surface area contributed by atoms with Crippen LogP contribution in [-0.2, 0) is 0 Å². The number of rotatable bonds is 6. The van der Waals surface area contributed by atoms with Crippen molar-refractivity contribution in [2.75, 3.05) is 6.54 Å². The van der Waals surface area contributed by atoms with Crippen molar-refractivity contribution in [2.24, 2.45) is 0 Å². The molecular weight excluding hydrogens is 267 g/mol. The van der Waals surface area contributed by atoms with Crippen molar-refractivity contribution in [3.63, 3.8) is 0 Å². The fourth-order valence-electron chi connectivity index (χ4n) is 1.98. The normalized spacial score (nSPS) is 12.2. The molecule has 2 rings (SSSR count). The Morgan fingerprint density at radius 1 is 1.29 bits per heavy atom. The van der Waals surface area contributed by atoms with E-state index in [1.807, 2.05) is 19.1 Å².